The average Bonchev–Trinajstić information content (AvgIpc) is 2.50. The maximum absolute atomic E-state index is 10.2. The second-order valence-electron chi connectivity index (χ2n) is 2.88. The molecule has 0 aliphatic rings. The Morgan fingerprint density at radius 1 is 1.69 bits per heavy atom. The van der Waals surface area contributed by atoms with Crippen molar-refractivity contribution in [3.8, 4) is 0 Å². The lowest BCUT2D eigenvalue weighted by Crippen LogP contribution is -1.85. The summed E-state index contributed by atoms with van der Waals surface area (Å²) in [4.78, 5) is 13.2. The van der Waals surface area contributed by atoms with Crippen LogP contribution in [0.2, 0.25) is 0 Å². The van der Waals surface area contributed by atoms with Gasteiger partial charge in [-0.15, -0.1) is 0 Å². The number of H-pyrrole nitrogens is 1. The van der Waals surface area contributed by atoms with Crippen molar-refractivity contribution in [1.29, 1.82) is 0 Å². The number of aliphatic carboxylic acids is 1. The molecule has 0 aliphatic heterocycles. The zero-order valence-corrected chi connectivity index (χ0v) is 7.58. The van der Waals surface area contributed by atoms with Crippen LogP contribution in [-0.4, -0.2) is 16.1 Å². The van der Waals surface area contributed by atoms with Crippen LogP contribution in [0.1, 0.15) is 24.6 Å². The minimum absolute atomic E-state index is 0.839. The number of carboxylic acids is 1. The van der Waals surface area contributed by atoms with E-state index in [9.17, 15) is 4.79 Å². The van der Waals surface area contributed by atoms with Gasteiger partial charge in [-0.1, -0.05) is 13.3 Å². The minimum atomic E-state index is -0.924. The molecule has 2 N–H and O–H groups in total. The molecule has 0 aliphatic carbocycles. The molecule has 70 valence electrons. The molecule has 0 atom stereocenters. The highest BCUT2D eigenvalue weighted by Crippen LogP contribution is 2.07. The molecule has 0 spiro atoms. The van der Waals surface area contributed by atoms with E-state index in [-0.39, 0.29) is 0 Å². The Labute approximate surface area is 77.1 Å². The van der Waals surface area contributed by atoms with E-state index in [1.54, 1.807) is 6.08 Å². The van der Waals surface area contributed by atoms with Gasteiger partial charge in [0.15, 0.2) is 0 Å². The van der Waals surface area contributed by atoms with E-state index in [1.807, 2.05) is 12.3 Å². The Kier molecular flexibility index (Phi) is 3.31. The van der Waals surface area contributed by atoms with E-state index in [2.05, 4.69) is 11.9 Å². The normalized spacial score (nSPS) is 10.8. The maximum Gasteiger partial charge on any atom is 0.328 e. The summed E-state index contributed by atoms with van der Waals surface area (Å²) in [6.07, 6.45) is 6.71. The van der Waals surface area contributed by atoms with Gasteiger partial charge in [-0.3, -0.25) is 0 Å². The molecule has 0 bridgehead atoms. The second-order valence-corrected chi connectivity index (χ2v) is 2.88. The van der Waals surface area contributed by atoms with Gasteiger partial charge in [-0.05, 0) is 24.1 Å². The Morgan fingerprint density at radius 2 is 2.46 bits per heavy atom. The molecule has 0 unspecified atom stereocenters. The highest BCUT2D eigenvalue weighted by Gasteiger charge is 1.95. The number of rotatable bonds is 4. The lowest BCUT2D eigenvalue weighted by atomic mass is 10.2. The van der Waals surface area contributed by atoms with Gasteiger partial charge >= 0.3 is 5.97 Å². The Morgan fingerprint density at radius 3 is 3.08 bits per heavy atom. The van der Waals surface area contributed by atoms with Crippen LogP contribution in [0.25, 0.3) is 6.08 Å². The van der Waals surface area contributed by atoms with Crippen molar-refractivity contribution in [2.24, 2.45) is 0 Å². The number of carbonyl (C=O) groups is 1. The summed E-state index contributed by atoms with van der Waals surface area (Å²) in [5.74, 6) is -0.924. The Balaban J connectivity index is 2.63. The van der Waals surface area contributed by atoms with E-state index in [0.29, 0.717) is 0 Å². The number of hydrogen-bond donors (Lipinski definition) is 2. The number of hydrogen-bond acceptors (Lipinski definition) is 1. The first kappa shape index (κ1) is 9.58. The number of nitrogens with one attached hydrogen (secondary N) is 1. The van der Waals surface area contributed by atoms with Crippen LogP contribution in [0.3, 0.4) is 0 Å². The Bertz CT molecular complexity index is 312. The average molecular weight is 179 g/mol. The van der Waals surface area contributed by atoms with Crippen molar-refractivity contribution in [2.45, 2.75) is 19.8 Å². The van der Waals surface area contributed by atoms with Gasteiger partial charge in [0, 0.05) is 18.0 Å². The first-order valence-electron chi connectivity index (χ1n) is 4.30. The fourth-order valence-corrected chi connectivity index (χ4v) is 1.15. The van der Waals surface area contributed by atoms with Gasteiger partial charge in [-0.25, -0.2) is 4.79 Å². The van der Waals surface area contributed by atoms with Crippen molar-refractivity contribution >= 4 is 12.0 Å². The van der Waals surface area contributed by atoms with Gasteiger partial charge in [0.2, 0.25) is 0 Å². The summed E-state index contributed by atoms with van der Waals surface area (Å²) in [6, 6.07) is 1.96. The molecule has 3 nitrogen and oxygen atoms in total. The molecular weight excluding hydrogens is 166 g/mol. The lowest BCUT2D eigenvalue weighted by Gasteiger charge is -1.87. The molecule has 1 aromatic rings. The largest absolute Gasteiger partial charge is 0.478 e. The predicted octanol–water partition coefficient (Wildman–Crippen LogP) is 2.06. The van der Waals surface area contributed by atoms with Crippen LogP contribution >= 0.6 is 0 Å². The third-order valence-electron chi connectivity index (χ3n) is 1.71. The number of aromatic amines is 1. The summed E-state index contributed by atoms with van der Waals surface area (Å²) < 4.78 is 0. The monoisotopic (exact) mass is 179 g/mol. The summed E-state index contributed by atoms with van der Waals surface area (Å²) in [5, 5.41) is 8.38. The smallest absolute Gasteiger partial charge is 0.328 e. The molecule has 3 heteroatoms. The van der Waals surface area contributed by atoms with E-state index >= 15 is 0 Å². The summed E-state index contributed by atoms with van der Waals surface area (Å²) in [7, 11) is 0. The fraction of sp³-hybridized carbons (Fsp3) is 0.300. The molecule has 0 saturated heterocycles. The van der Waals surface area contributed by atoms with E-state index in [1.165, 1.54) is 5.56 Å². The molecule has 0 amide bonds. The quantitative estimate of drug-likeness (QED) is 0.695. The molecule has 0 radical (unpaired) electrons. The van der Waals surface area contributed by atoms with Crippen LogP contribution in [0.15, 0.2) is 18.3 Å². The highest BCUT2D eigenvalue weighted by atomic mass is 16.4. The number of carboxylic acid groups (broad SMARTS) is 1. The predicted molar refractivity (Wildman–Crippen MR) is 51.5 cm³/mol. The first-order chi connectivity index (χ1) is 6.22. The highest BCUT2D eigenvalue weighted by molar-refractivity contribution is 5.84. The molecule has 13 heavy (non-hydrogen) atoms. The summed E-state index contributed by atoms with van der Waals surface area (Å²) >= 11 is 0. The molecule has 1 heterocycles. The SMILES string of the molecule is CCCc1c[nH]c(/C=C/C(=O)O)c1. The van der Waals surface area contributed by atoms with Crippen molar-refractivity contribution in [2.75, 3.05) is 0 Å². The molecule has 1 aromatic heterocycles. The zero-order valence-electron chi connectivity index (χ0n) is 7.58. The lowest BCUT2D eigenvalue weighted by molar-refractivity contribution is -0.131. The van der Waals surface area contributed by atoms with Gasteiger partial charge in [-0.2, -0.15) is 0 Å². The third-order valence-corrected chi connectivity index (χ3v) is 1.71. The van der Waals surface area contributed by atoms with Gasteiger partial charge in [0.1, 0.15) is 0 Å². The van der Waals surface area contributed by atoms with Crippen molar-refractivity contribution in [3.63, 3.8) is 0 Å². The molecular formula is C10H13NO2. The minimum Gasteiger partial charge on any atom is -0.478 e. The van der Waals surface area contributed by atoms with Crippen molar-refractivity contribution in [3.05, 3.63) is 29.6 Å². The Hall–Kier alpha value is -1.51. The number of aryl methyl sites for hydroxylation is 1. The topological polar surface area (TPSA) is 53.1 Å². The van der Waals surface area contributed by atoms with Gasteiger partial charge < -0.3 is 10.1 Å². The van der Waals surface area contributed by atoms with Crippen LogP contribution in [0.4, 0.5) is 0 Å². The summed E-state index contributed by atoms with van der Waals surface area (Å²) in [6.45, 7) is 2.11. The van der Waals surface area contributed by atoms with Gasteiger partial charge in [0.25, 0.3) is 0 Å². The summed E-state index contributed by atoms with van der Waals surface area (Å²) in [5.41, 5.74) is 2.05. The van der Waals surface area contributed by atoms with Gasteiger partial charge in [0.05, 0.1) is 0 Å². The fourth-order valence-electron chi connectivity index (χ4n) is 1.15. The van der Waals surface area contributed by atoms with Crippen LogP contribution in [0, 0.1) is 0 Å². The van der Waals surface area contributed by atoms with E-state index < -0.39 is 5.97 Å². The third kappa shape index (κ3) is 3.15. The maximum atomic E-state index is 10.2. The number of aromatic nitrogens is 1. The molecule has 0 aromatic carbocycles. The molecule has 0 fully saturated rings. The van der Waals surface area contributed by atoms with Crippen LogP contribution in [0.5, 0.6) is 0 Å². The molecule has 1 rings (SSSR count). The van der Waals surface area contributed by atoms with Crippen molar-refractivity contribution < 1.29 is 9.90 Å². The molecule has 0 saturated carbocycles. The zero-order chi connectivity index (χ0) is 9.68. The van der Waals surface area contributed by atoms with Crippen LogP contribution in [-0.2, 0) is 11.2 Å². The van der Waals surface area contributed by atoms with Crippen molar-refractivity contribution in [1.82, 2.24) is 4.98 Å². The first-order valence-corrected chi connectivity index (χ1v) is 4.30. The van der Waals surface area contributed by atoms with E-state index in [4.69, 9.17) is 5.11 Å². The second kappa shape index (κ2) is 4.50. The van der Waals surface area contributed by atoms with E-state index in [0.717, 1.165) is 24.6 Å². The standard InChI is InChI=1S/C10H13NO2/c1-2-3-8-6-9(11-7-8)4-5-10(12)13/h4-7,11H,2-3H2,1H3,(H,12,13)/b5-4+. The van der Waals surface area contributed by atoms with Crippen LogP contribution < -0.4 is 0 Å².